The summed E-state index contributed by atoms with van der Waals surface area (Å²) in [6.07, 6.45) is 0. The summed E-state index contributed by atoms with van der Waals surface area (Å²) in [5.74, 6) is -0.619. The molecule has 0 unspecified atom stereocenters. The second-order valence-corrected chi connectivity index (χ2v) is 4.60. The van der Waals surface area contributed by atoms with Crippen LogP contribution in [0.4, 0.5) is 0 Å². The fourth-order valence-electron chi connectivity index (χ4n) is 2.09. The van der Waals surface area contributed by atoms with Crippen LogP contribution in [0.25, 0.3) is 0 Å². The third kappa shape index (κ3) is 3.11. The van der Waals surface area contributed by atoms with Gasteiger partial charge < -0.3 is 9.84 Å². The van der Waals surface area contributed by atoms with Gasteiger partial charge in [0.25, 0.3) is 0 Å². The zero-order valence-corrected chi connectivity index (χ0v) is 11.9. The number of carbonyl (C=O) groups excluding carboxylic acids is 1. The number of hydrogen-bond acceptors (Lipinski definition) is 3. The topological polar surface area (TPSA) is 63.6 Å². The van der Waals surface area contributed by atoms with Gasteiger partial charge in [-0.25, -0.2) is 4.79 Å². The van der Waals surface area contributed by atoms with Gasteiger partial charge in [-0.15, -0.1) is 0 Å². The number of para-hydroxylation sites is 1. The zero-order valence-electron chi connectivity index (χ0n) is 11.9. The van der Waals surface area contributed by atoms with E-state index in [2.05, 4.69) is 0 Å². The van der Waals surface area contributed by atoms with Crippen molar-refractivity contribution in [3.63, 3.8) is 0 Å². The molecular weight excluding hydrogens is 268 g/mol. The van der Waals surface area contributed by atoms with Crippen LogP contribution >= 0.6 is 0 Å². The molecule has 21 heavy (non-hydrogen) atoms. The number of ketones is 1. The Kier molecular flexibility index (Phi) is 4.38. The molecule has 0 aromatic heterocycles. The third-order valence-electron chi connectivity index (χ3n) is 3.14. The Labute approximate surface area is 123 Å². The van der Waals surface area contributed by atoms with Crippen molar-refractivity contribution in [2.45, 2.75) is 13.8 Å². The third-order valence-corrected chi connectivity index (χ3v) is 3.14. The van der Waals surface area contributed by atoms with Gasteiger partial charge in [-0.1, -0.05) is 24.3 Å². The molecular formula is C17H16O4. The highest BCUT2D eigenvalue weighted by molar-refractivity contribution is 6.11. The highest BCUT2D eigenvalue weighted by Crippen LogP contribution is 2.26. The summed E-state index contributed by atoms with van der Waals surface area (Å²) in [5, 5.41) is 8.88. The van der Waals surface area contributed by atoms with Crippen molar-refractivity contribution in [2.75, 3.05) is 6.61 Å². The van der Waals surface area contributed by atoms with Crippen molar-refractivity contribution >= 4 is 11.8 Å². The molecule has 0 aliphatic carbocycles. The van der Waals surface area contributed by atoms with Gasteiger partial charge in [0.05, 0.1) is 17.7 Å². The number of benzene rings is 2. The first-order chi connectivity index (χ1) is 10.0. The van der Waals surface area contributed by atoms with Gasteiger partial charge in [-0.3, -0.25) is 4.79 Å². The molecule has 2 rings (SSSR count). The van der Waals surface area contributed by atoms with Crippen LogP contribution in [-0.4, -0.2) is 23.5 Å². The Balaban J connectivity index is 2.40. The molecule has 108 valence electrons. The molecule has 2 aromatic rings. The SMILES string of the molecule is CCOc1c(C)cccc1C(=O)c1ccc(C(=O)O)cc1. The van der Waals surface area contributed by atoms with Crippen LogP contribution in [0, 0.1) is 6.92 Å². The summed E-state index contributed by atoms with van der Waals surface area (Å²) in [6, 6.07) is 11.3. The van der Waals surface area contributed by atoms with Crippen LogP contribution < -0.4 is 4.74 Å². The fourth-order valence-corrected chi connectivity index (χ4v) is 2.09. The molecule has 0 bridgehead atoms. The number of carboxylic acids is 1. The van der Waals surface area contributed by atoms with E-state index in [1.165, 1.54) is 24.3 Å². The number of carboxylic acid groups (broad SMARTS) is 1. The van der Waals surface area contributed by atoms with E-state index in [0.717, 1.165) is 5.56 Å². The average molecular weight is 284 g/mol. The predicted octanol–water partition coefficient (Wildman–Crippen LogP) is 3.32. The molecule has 4 heteroatoms. The first-order valence-electron chi connectivity index (χ1n) is 6.65. The molecule has 0 aliphatic heterocycles. The Hall–Kier alpha value is -2.62. The molecule has 0 saturated carbocycles. The molecule has 0 aliphatic rings. The fraction of sp³-hybridized carbons (Fsp3) is 0.176. The predicted molar refractivity (Wildman–Crippen MR) is 79.2 cm³/mol. The lowest BCUT2D eigenvalue weighted by atomic mass is 9.99. The lowest BCUT2D eigenvalue weighted by Crippen LogP contribution is -2.07. The highest BCUT2D eigenvalue weighted by atomic mass is 16.5. The van der Waals surface area contributed by atoms with Gasteiger partial charge in [-0.2, -0.15) is 0 Å². The van der Waals surface area contributed by atoms with Gasteiger partial charge in [0, 0.05) is 5.56 Å². The van der Waals surface area contributed by atoms with Crippen LogP contribution in [-0.2, 0) is 0 Å². The summed E-state index contributed by atoms with van der Waals surface area (Å²) in [5.41, 5.74) is 1.97. The number of aromatic carboxylic acids is 1. The van der Waals surface area contributed by atoms with E-state index < -0.39 is 5.97 Å². The molecule has 2 aromatic carbocycles. The van der Waals surface area contributed by atoms with Gasteiger partial charge in [0.2, 0.25) is 0 Å². The Morgan fingerprint density at radius 2 is 1.67 bits per heavy atom. The molecule has 0 fully saturated rings. The maximum atomic E-state index is 12.5. The quantitative estimate of drug-likeness (QED) is 0.855. The monoisotopic (exact) mass is 284 g/mol. The molecule has 0 saturated heterocycles. The lowest BCUT2D eigenvalue weighted by Gasteiger charge is -2.12. The standard InChI is InChI=1S/C17H16O4/c1-3-21-16-11(2)5-4-6-14(16)15(18)12-7-9-13(10-8-12)17(19)20/h4-10H,3H2,1-2H3,(H,19,20). The normalized spacial score (nSPS) is 10.2. The van der Waals surface area contributed by atoms with Crippen molar-refractivity contribution in [3.05, 3.63) is 64.7 Å². The summed E-state index contributed by atoms with van der Waals surface area (Å²) in [4.78, 5) is 23.4. The number of hydrogen-bond donors (Lipinski definition) is 1. The smallest absolute Gasteiger partial charge is 0.335 e. The first-order valence-corrected chi connectivity index (χ1v) is 6.65. The lowest BCUT2D eigenvalue weighted by molar-refractivity contribution is 0.0696. The Morgan fingerprint density at radius 3 is 2.24 bits per heavy atom. The Bertz CT molecular complexity index is 672. The van der Waals surface area contributed by atoms with Gasteiger partial charge in [-0.05, 0) is 37.6 Å². The molecule has 0 spiro atoms. The molecule has 0 heterocycles. The van der Waals surface area contributed by atoms with Crippen molar-refractivity contribution < 1.29 is 19.4 Å². The summed E-state index contributed by atoms with van der Waals surface area (Å²) in [7, 11) is 0. The number of ether oxygens (including phenoxy) is 1. The Morgan fingerprint density at radius 1 is 1.05 bits per heavy atom. The molecule has 0 amide bonds. The number of rotatable bonds is 5. The molecule has 0 atom stereocenters. The summed E-state index contributed by atoms with van der Waals surface area (Å²) >= 11 is 0. The molecule has 1 N–H and O–H groups in total. The van der Waals surface area contributed by atoms with E-state index in [1.54, 1.807) is 12.1 Å². The first kappa shape index (κ1) is 14.8. The number of aryl methyl sites for hydroxylation is 1. The van der Waals surface area contributed by atoms with Crippen LogP contribution in [0.2, 0.25) is 0 Å². The number of carbonyl (C=O) groups is 2. The van der Waals surface area contributed by atoms with Crippen molar-refractivity contribution in [3.8, 4) is 5.75 Å². The molecule has 4 nitrogen and oxygen atoms in total. The zero-order chi connectivity index (χ0) is 15.4. The van der Waals surface area contributed by atoms with Crippen molar-refractivity contribution in [1.82, 2.24) is 0 Å². The second-order valence-electron chi connectivity index (χ2n) is 4.60. The van der Waals surface area contributed by atoms with E-state index >= 15 is 0 Å². The minimum atomic E-state index is -1.01. The minimum absolute atomic E-state index is 0.154. The maximum absolute atomic E-state index is 12.5. The average Bonchev–Trinajstić information content (AvgIpc) is 2.49. The minimum Gasteiger partial charge on any atom is -0.493 e. The van der Waals surface area contributed by atoms with E-state index in [1.807, 2.05) is 19.9 Å². The van der Waals surface area contributed by atoms with E-state index in [-0.39, 0.29) is 11.3 Å². The van der Waals surface area contributed by atoms with E-state index in [0.29, 0.717) is 23.5 Å². The van der Waals surface area contributed by atoms with Crippen molar-refractivity contribution in [2.24, 2.45) is 0 Å². The summed E-state index contributed by atoms with van der Waals surface area (Å²) < 4.78 is 5.56. The van der Waals surface area contributed by atoms with E-state index in [9.17, 15) is 9.59 Å². The van der Waals surface area contributed by atoms with Gasteiger partial charge in [0.1, 0.15) is 5.75 Å². The van der Waals surface area contributed by atoms with Crippen LogP contribution in [0.3, 0.4) is 0 Å². The maximum Gasteiger partial charge on any atom is 0.335 e. The van der Waals surface area contributed by atoms with Crippen LogP contribution in [0.1, 0.15) is 38.8 Å². The van der Waals surface area contributed by atoms with Crippen LogP contribution in [0.5, 0.6) is 5.75 Å². The largest absolute Gasteiger partial charge is 0.493 e. The highest BCUT2D eigenvalue weighted by Gasteiger charge is 2.16. The van der Waals surface area contributed by atoms with Gasteiger partial charge >= 0.3 is 5.97 Å². The molecule has 0 radical (unpaired) electrons. The van der Waals surface area contributed by atoms with Crippen molar-refractivity contribution in [1.29, 1.82) is 0 Å². The second kappa shape index (κ2) is 6.22. The van der Waals surface area contributed by atoms with Crippen LogP contribution in [0.15, 0.2) is 42.5 Å². The summed E-state index contributed by atoms with van der Waals surface area (Å²) in [6.45, 7) is 4.22. The van der Waals surface area contributed by atoms with E-state index in [4.69, 9.17) is 9.84 Å². The van der Waals surface area contributed by atoms with Gasteiger partial charge in [0.15, 0.2) is 5.78 Å².